The summed E-state index contributed by atoms with van der Waals surface area (Å²) in [7, 11) is 0. The zero-order valence-corrected chi connectivity index (χ0v) is 18.5. The molecule has 1 fully saturated rings. The van der Waals surface area contributed by atoms with Crippen LogP contribution in [-0.4, -0.2) is 20.2 Å². The molecular weight excluding hydrogens is 410 g/mol. The fourth-order valence-corrected chi connectivity index (χ4v) is 4.82. The van der Waals surface area contributed by atoms with Gasteiger partial charge in [-0.25, -0.2) is 9.97 Å². The zero-order chi connectivity index (χ0) is 21.4. The number of ketones is 1. The second-order valence-electron chi connectivity index (χ2n) is 8.45. The molecule has 1 saturated carbocycles. The number of benzene rings is 1. The maximum atomic E-state index is 13.1. The standard InChI is InChI=1S/C25H26ClN3O2/c1-2-19-24(29-15-18(26)10-13-23(29)27-19)21(30)11-8-16-9-12-22-20(14-16)28-25(31-22)17-6-4-3-5-7-17/h9-10,12-15,17H,2-8,11H2,1H3. The van der Waals surface area contributed by atoms with Gasteiger partial charge in [-0.15, -0.1) is 0 Å². The van der Waals surface area contributed by atoms with Gasteiger partial charge in [0.15, 0.2) is 17.3 Å². The zero-order valence-electron chi connectivity index (χ0n) is 17.7. The van der Waals surface area contributed by atoms with E-state index in [1.165, 1.54) is 19.3 Å². The van der Waals surface area contributed by atoms with Crippen molar-refractivity contribution >= 4 is 34.1 Å². The minimum Gasteiger partial charge on any atom is -0.440 e. The lowest BCUT2D eigenvalue weighted by Gasteiger charge is -2.17. The number of imidazole rings is 1. The Morgan fingerprint density at radius 3 is 2.81 bits per heavy atom. The first-order chi connectivity index (χ1) is 15.1. The van der Waals surface area contributed by atoms with Gasteiger partial charge in [-0.3, -0.25) is 9.20 Å². The summed E-state index contributed by atoms with van der Waals surface area (Å²) < 4.78 is 7.85. The Morgan fingerprint density at radius 1 is 1.16 bits per heavy atom. The molecular formula is C25H26ClN3O2. The summed E-state index contributed by atoms with van der Waals surface area (Å²) >= 11 is 6.16. The van der Waals surface area contributed by atoms with Crippen molar-refractivity contribution in [3.05, 3.63) is 64.4 Å². The maximum Gasteiger partial charge on any atom is 0.198 e. The molecule has 3 aromatic heterocycles. The molecule has 0 radical (unpaired) electrons. The van der Waals surface area contributed by atoms with E-state index < -0.39 is 0 Å². The summed E-state index contributed by atoms with van der Waals surface area (Å²) in [5.41, 5.74) is 5.03. The van der Waals surface area contributed by atoms with Crippen molar-refractivity contribution in [2.45, 2.75) is 64.2 Å². The van der Waals surface area contributed by atoms with Crippen LogP contribution < -0.4 is 0 Å². The van der Waals surface area contributed by atoms with Gasteiger partial charge in [0.2, 0.25) is 0 Å². The molecule has 31 heavy (non-hydrogen) atoms. The Morgan fingerprint density at radius 2 is 2.00 bits per heavy atom. The predicted molar refractivity (Wildman–Crippen MR) is 122 cm³/mol. The second kappa shape index (κ2) is 8.46. The summed E-state index contributed by atoms with van der Waals surface area (Å²) in [5, 5.41) is 0.590. The molecule has 0 atom stereocenters. The van der Waals surface area contributed by atoms with Crippen LogP contribution in [0.25, 0.3) is 16.7 Å². The van der Waals surface area contributed by atoms with E-state index in [-0.39, 0.29) is 5.78 Å². The number of hydrogen-bond acceptors (Lipinski definition) is 4. The van der Waals surface area contributed by atoms with Crippen LogP contribution in [0.3, 0.4) is 0 Å². The third kappa shape index (κ3) is 3.99. The Hall–Kier alpha value is -2.66. The third-order valence-corrected chi connectivity index (χ3v) is 6.54. The number of hydrogen-bond donors (Lipinski definition) is 0. The molecule has 0 aliphatic heterocycles. The highest BCUT2D eigenvalue weighted by molar-refractivity contribution is 6.30. The largest absolute Gasteiger partial charge is 0.440 e. The topological polar surface area (TPSA) is 60.4 Å². The molecule has 6 heteroatoms. The van der Waals surface area contributed by atoms with Crippen molar-refractivity contribution in [3.63, 3.8) is 0 Å². The monoisotopic (exact) mass is 435 g/mol. The van der Waals surface area contributed by atoms with Crippen LogP contribution in [0, 0.1) is 0 Å². The summed E-state index contributed by atoms with van der Waals surface area (Å²) in [6.07, 6.45) is 9.68. The second-order valence-corrected chi connectivity index (χ2v) is 8.88. The number of rotatable bonds is 6. The van der Waals surface area contributed by atoms with E-state index in [9.17, 15) is 4.79 Å². The first-order valence-electron chi connectivity index (χ1n) is 11.2. The molecule has 0 bridgehead atoms. The van der Waals surface area contributed by atoms with Crippen LogP contribution in [0.4, 0.5) is 0 Å². The van der Waals surface area contributed by atoms with Gasteiger partial charge >= 0.3 is 0 Å². The Bertz CT molecular complexity index is 1250. The van der Waals surface area contributed by atoms with Crippen molar-refractivity contribution in [1.29, 1.82) is 0 Å². The summed E-state index contributed by atoms with van der Waals surface area (Å²) in [4.78, 5) is 22.5. The lowest BCUT2D eigenvalue weighted by Crippen LogP contribution is -2.08. The number of carbonyl (C=O) groups is 1. The molecule has 0 unspecified atom stereocenters. The molecule has 1 aromatic carbocycles. The van der Waals surface area contributed by atoms with Gasteiger partial charge in [-0.1, -0.05) is 43.9 Å². The van der Waals surface area contributed by atoms with Crippen LogP contribution in [0.2, 0.25) is 5.02 Å². The smallest absolute Gasteiger partial charge is 0.198 e. The molecule has 0 saturated heterocycles. The van der Waals surface area contributed by atoms with E-state index in [1.807, 2.05) is 29.5 Å². The summed E-state index contributed by atoms with van der Waals surface area (Å²) in [6, 6.07) is 9.73. The molecule has 0 N–H and O–H groups in total. The fourth-order valence-electron chi connectivity index (χ4n) is 4.66. The number of aromatic nitrogens is 3. The van der Waals surface area contributed by atoms with Crippen LogP contribution in [0.1, 0.15) is 79.0 Å². The Kier molecular flexibility index (Phi) is 5.53. The summed E-state index contributed by atoms with van der Waals surface area (Å²) in [6.45, 7) is 2.02. The number of aryl methyl sites for hydroxylation is 2. The van der Waals surface area contributed by atoms with Gasteiger partial charge in [-0.05, 0) is 55.5 Å². The Labute approximate surface area is 186 Å². The van der Waals surface area contributed by atoms with Crippen molar-refractivity contribution in [1.82, 2.24) is 14.4 Å². The average molecular weight is 436 g/mol. The number of nitrogens with zero attached hydrogens (tertiary/aromatic N) is 3. The quantitative estimate of drug-likeness (QED) is 0.322. The highest BCUT2D eigenvalue weighted by atomic mass is 35.5. The Balaban J connectivity index is 1.35. The minimum absolute atomic E-state index is 0.0785. The normalized spacial score (nSPS) is 15.2. The van der Waals surface area contributed by atoms with E-state index in [0.717, 1.165) is 46.7 Å². The molecule has 1 aliphatic carbocycles. The highest BCUT2D eigenvalue weighted by Gasteiger charge is 2.21. The van der Waals surface area contributed by atoms with Crippen molar-refractivity contribution in [3.8, 4) is 0 Å². The minimum atomic E-state index is 0.0785. The predicted octanol–water partition coefficient (Wildman–Crippen LogP) is 6.55. The first kappa shape index (κ1) is 20.3. The van der Waals surface area contributed by atoms with Gasteiger partial charge in [0.05, 0.1) is 10.7 Å². The lowest BCUT2D eigenvalue weighted by atomic mass is 9.89. The van der Waals surface area contributed by atoms with Gasteiger partial charge in [-0.2, -0.15) is 0 Å². The van der Waals surface area contributed by atoms with E-state index in [2.05, 4.69) is 11.1 Å². The van der Waals surface area contributed by atoms with Crippen molar-refractivity contribution in [2.75, 3.05) is 0 Å². The number of carbonyl (C=O) groups excluding carboxylic acids is 1. The van der Waals surface area contributed by atoms with Crippen LogP contribution in [0.15, 0.2) is 40.9 Å². The van der Waals surface area contributed by atoms with E-state index in [1.54, 1.807) is 12.3 Å². The number of pyridine rings is 1. The van der Waals surface area contributed by atoms with Crippen LogP contribution >= 0.6 is 11.6 Å². The number of halogens is 1. The van der Waals surface area contributed by atoms with Crippen LogP contribution in [0.5, 0.6) is 0 Å². The SMILES string of the molecule is CCc1nc2ccc(Cl)cn2c1C(=O)CCc1ccc2oc(C3CCCCC3)nc2c1. The molecule has 0 spiro atoms. The highest BCUT2D eigenvalue weighted by Crippen LogP contribution is 2.34. The lowest BCUT2D eigenvalue weighted by molar-refractivity contribution is 0.0976. The molecule has 5 rings (SSSR count). The van der Waals surface area contributed by atoms with Gasteiger partial charge in [0, 0.05) is 18.5 Å². The molecule has 3 heterocycles. The van der Waals surface area contributed by atoms with Crippen molar-refractivity contribution < 1.29 is 9.21 Å². The number of Topliss-reactive ketones (excluding diaryl/α,β-unsaturated/α-hetero) is 1. The molecule has 160 valence electrons. The molecule has 0 amide bonds. The fraction of sp³-hybridized carbons (Fsp3) is 0.400. The van der Waals surface area contributed by atoms with Gasteiger partial charge in [0.1, 0.15) is 16.9 Å². The number of fused-ring (bicyclic) bond motifs is 2. The molecule has 1 aliphatic rings. The maximum absolute atomic E-state index is 13.1. The van der Waals surface area contributed by atoms with E-state index in [4.69, 9.17) is 21.0 Å². The van der Waals surface area contributed by atoms with E-state index >= 15 is 0 Å². The molecule has 5 nitrogen and oxygen atoms in total. The van der Waals surface area contributed by atoms with Crippen LogP contribution in [-0.2, 0) is 12.8 Å². The van der Waals surface area contributed by atoms with Crippen molar-refractivity contribution in [2.24, 2.45) is 0 Å². The average Bonchev–Trinajstić information content (AvgIpc) is 3.38. The van der Waals surface area contributed by atoms with Gasteiger partial charge in [0.25, 0.3) is 0 Å². The van der Waals surface area contributed by atoms with Gasteiger partial charge < -0.3 is 4.42 Å². The molecule has 4 aromatic rings. The summed E-state index contributed by atoms with van der Waals surface area (Å²) in [5.74, 6) is 1.40. The van der Waals surface area contributed by atoms with E-state index in [0.29, 0.717) is 35.9 Å². The number of oxazole rings is 1. The first-order valence-corrected chi connectivity index (χ1v) is 11.6. The third-order valence-electron chi connectivity index (χ3n) is 6.32.